The number of aliphatic hydroxyl groups excluding tert-OH is 1. The Labute approximate surface area is 111 Å². The second kappa shape index (κ2) is 4.97. The normalized spacial score (nSPS) is 13.5. The molecular weight excluding hydrogens is 240 g/mol. The Morgan fingerprint density at radius 3 is 3.00 bits per heavy atom. The summed E-state index contributed by atoms with van der Waals surface area (Å²) in [7, 11) is 0. The molecule has 1 aromatic carbocycles. The molecule has 0 atom stereocenters. The van der Waals surface area contributed by atoms with E-state index in [2.05, 4.69) is 10.3 Å². The van der Waals surface area contributed by atoms with Crippen LogP contribution in [0.5, 0.6) is 0 Å². The summed E-state index contributed by atoms with van der Waals surface area (Å²) in [5, 5.41) is 12.5. The minimum atomic E-state index is -0.106. The number of aliphatic hydroxyl groups is 1. The highest BCUT2D eigenvalue weighted by Crippen LogP contribution is 2.29. The zero-order chi connectivity index (χ0) is 13.2. The number of aromatic nitrogens is 1. The Morgan fingerprint density at radius 2 is 2.16 bits per heavy atom. The van der Waals surface area contributed by atoms with Gasteiger partial charge in [0.25, 0.3) is 5.91 Å². The third kappa shape index (κ3) is 2.08. The zero-order valence-electron chi connectivity index (χ0n) is 10.6. The van der Waals surface area contributed by atoms with Crippen LogP contribution in [-0.2, 0) is 12.8 Å². The molecule has 1 aliphatic carbocycles. The van der Waals surface area contributed by atoms with E-state index in [1.165, 1.54) is 0 Å². The van der Waals surface area contributed by atoms with Gasteiger partial charge < -0.3 is 10.4 Å². The number of carbonyl (C=O) groups is 1. The lowest BCUT2D eigenvalue weighted by atomic mass is 10.0. The van der Waals surface area contributed by atoms with Crippen molar-refractivity contribution in [2.24, 2.45) is 0 Å². The number of fused-ring (bicyclic) bond motifs is 2. The minimum Gasteiger partial charge on any atom is -0.395 e. The Bertz CT molecular complexity index is 637. The predicted molar refractivity (Wildman–Crippen MR) is 73.2 cm³/mol. The molecule has 0 fully saturated rings. The number of hydrogen-bond donors (Lipinski definition) is 2. The first kappa shape index (κ1) is 12.1. The van der Waals surface area contributed by atoms with Gasteiger partial charge in [-0.1, -0.05) is 18.2 Å². The maximum atomic E-state index is 12.3. The summed E-state index contributed by atoms with van der Waals surface area (Å²) < 4.78 is 0. The van der Waals surface area contributed by atoms with Crippen LogP contribution in [0.2, 0.25) is 0 Å². The maximum absolute atomic E-state index is 12.3. The second-order valence-corrected chi connectivity index (χ2v) is 4.76. The molecular formula is C15H16N2O2. The van der Waals surface area contributed by atoms with Crippen molar-refractivity contribution in [1.82, 2.24) is 10.3 Å². The van der Waals surface area contributed by atoms with E-state index in [-0.39, 0.29) is 19.1 Å². The Hall–Kier alpha value is -1.94. The fourth-order valence-electron chi connectivity index (χ4n) is 2.73. The van der Waals surface area contributed by atoms with Crippen molar-refractivity contribution in [2.75, 3.05) is 13.2 Å². The van der Waals surface area contributed by atoms with E-state index in [0.29, 0.717) is 0 Å². The highest BCUT2D eigenvalue weighted by atomic mass is 16.3. The third-order valence-electron chi connectivity index (χ3n) is 3.54. The van der Waals surface area contributed by atoms with Gasteiger partial charge in [-0.25, -0.2) is 0 Å². The molecule has 1 amide bonds. The molecule has 19 heavy (non-hydrogen) atoms. The predicted octanol–water partition coefficient (Wildman–Crippen LogP) is 1.45. The van der Waals surface area contributed by atoms with Gasteiger partial charge in [-0.3, -0.25) is 9.78 Å². The molecule has 0 saturated heterocycles. The molecule has 0 bridgehead atoms. The summed E-state index contributed by atoms with van der Waals surface area (Å²) in [6, 6.07) is 7.74. The molecule has 1 aromatic heterocycles. The molecule has 0 aliphatic heterocycles. The van der Waals surface area contributed by atoms with E-state index in [9.17, 15) is 4.79 Å². The van der Waals surface area contributed by atoms with Crippen LogP contribution in [0, 0.1) is 0 Å². The number of hydrogen-bond acceptors (Lipinski definition) is 3. The van der Waals surface area contributed by atoms with Crippen molar-refractivity contribution in [3.8, 4) is 0 Å². The first-order valence-electron chi connectivity index (χ1n) is 6.61. The van der Waals surface area contributed by atoms with Gasteiger partial charge in [0.15, 0.2) is 0 Å². The van der Waals surface area contributed by atoms with Gasteiger partial charge in [0.1, 0.15) is 0 Å². The van der Waals surface area contributed by atoms with E-state index in [1.807, 2.05) is 24.3 Å². The van der Waals surface area contributed by atoms with E-state index >= 15 is 0 Å². The number of carbonyl (C=O) groups excluding carboxylic acids is 1. The van der Waals surface area contributed by atoms with E-state index in [4.69, 9.17) is 5.11 Å². The number of pyridine rings is 1. The number of amides is 1. The summed E-state index contributed by atoms with van der Waals surface area (Å²) in [6.45, 7) is 0.237. The van der Waals surface area contributed by atoms with Gasteiger partial charge in [-0.15, -0.1) is 0 Å². The standard InChI is InChI=1S/C15H16N2O2/c18-9-8-16-15(19)14-10-4-1-2-6-12(10)17-13-7-3-5-11(13)14/h1-2,4,6,18H,3,5,7-9H2,(H,16,19). The Balaban J connectivity index is 2.17. The van der Waals surface area contributed by atoms with Crippen LogP contribution < -0.4 is 5.32 Å². The molecule has 4 nitrogen and oxygen atoms in total. The number of aryl methyl sites for hydroxylation is 1. The number of nitrogens with one attached hydrogen (secondary N) is 1. The average molecular weight is 256 g/mol. The summed E-state index contributed by atoms with van der Waals surface area (Å²) in [6.07, 6.45) is 2.91. The number of benzene rings is 1. The summed E-state index contributed by atoms with van der Waals surface area (Å²) in [4.78, 5) is 17.0. The highest BCUT2D eigenvalue weighted by Gasteiger charge is 2.23. The van der Waals surface area contributed by atoms with E-state index in [1.54, 1.807) is 0 Å². The minimum absolute atomic E-state index is 0.0447. The topological polar surface area (TPSA) is 62.2 Å². The lowest BCUT2D eigenvalue weighted by molar-refractivity contribution is 0.0945. The van der Waals surface area contributed by atoms with Crippen LogP contribution in [0.4, 0.5) is 0 Å². The van der Waals surface area contributed by atoms with Crippen LogP contribution in [0.25, 0.3) is 10.9 Å². The first-order chi connectivity index (χ1) is 9.31. The van der Waals surface area contributed by atoms with Gasteiger partial charge in [0.05, 0.1) is 17.7 Å². The molecule has 1 heterocycles. The van der Waals surface area contributed by atoms with Crippen molar-refractivity contribution in [1.29, 1.82) is 0 Å². The highest BCUT2D eigenvalue weighted by molar-refractivity contribution is 6.07. The van der Waals surface area contributed by atoms with Crippen molar-refractivity contribution >= 4 is 16.8 Å². The summed E-state index contributed by atoms with van der Waals surface area (Å²) in [5.74, 6) is -0.106. The molecule has 2 N–H and O–H groups in total. The molecule has 1 aliphatic rings. The number of nitrogens with zero attached hydrogens (tertiary/aromatic N) is 1. The molecule has 0 radical (unpaired) electrons. The van der Waals surface area contributed by atoms with Gasteiger partial charge in [-0.05, 0) is 30.9 Å². The van der Waals surface area contributed by atoms with Crippen LogP contribution in [0.15, 0.2) is 24.3 Å². The van der Waals surface area contributed by atoms with Gasteiger partial charge in [-0.2, -0.15) is 0 Å². The van der Waals surface area contributed by atoms with Crippen LogP contribution in [0.3, 0.4) is 0 Å². The SMILES string of the molecule is O=C(NCCO)c1c2c(nc3ccccc13)CCC2. The molecule has 0 unspecified atom stereocenters. The number of para-hydroxylation sites is 1. The molecule has 98 valence electrons. The van der Waals surface area contributed by atoms with Crippen molar-refractivity contribution < 1.29 is 9.90 Å². The van der Waals surface area contributed by atoms with Gasteiger partial charge in [0, 0.05) is 17.6 Å². The maximum Gasteiger partial charge on any atom is 0.252 e. The molecule has 0 saturated carbocycles. The van der Waals surface area contributed by atoms with Gasteiger partial charge in [0.2, 0.25) is 0 Å². The van der Waals surface area contributed by atoms with E-state index < -0.39 is 0 Å². The zero-order valence-corrected chi connectivity index (χ0v) is 10.6. The second-order valence-electron chi connectivity index (χ2n) is 4.76. The van der Waals surface area contributed by atoms with Gasteiger partial charge >= 0.3 is 0 Å². The fourth-order valence-corrected chi connectivity index (χ4v) is 2.73. The Kier molecular flexibility index (Phi) is 3.17. The monoisotopic (exact) mass is 256 g/mol. The lowest BCUT2D eigenvalue weighted by Gasteiger charge is -2.12. The van der Waals surface area contributed by atoms with Crippen molar-refractivity contribution in [3.05, 3.63) is 41.1 Å². The van der Waals surface area contributed by atoms with Crippen LogP contribution in [0.1, 0.15) is 28.0 Å². The molecule has 3 rings (SSSR count). The number of rotatable bonds is 3. The van der Waals surface area contributed by atoms with Crippen molar-refractivity contribution in [2.45, 2.75) is 19.3 Å². The smallest absolute Gasteiger partial charge is 0.252 e. The quantitative estimate of drug-likeness (QED) is 0.873. The van der Waals surface area contributed by atoms with Crippen LogP contribution in [-0.4, -0.2) is 29.1 Å². The first-order valence-corrected chi connectivity index (χ1v) is 6.61. The molecule has 0 spiro atoms. The van der Waals surface area contributed by atoms with Crippen molar-refractivity contribution in [3.63, 3.8) is 0 Å². The summed E-state index contributed by atoms with van der Waals surface area (Å²) in [5.41, 5.74) is 3.74. The lowest BCUT2D eigenvalue weighted by Crippen LogP contribution is -2.27. The summed E-state index contributed by atoms with van der Waals surface area (Å²) >= 11 is 0. The van der Waals surface area contributed by atoms with E-state index in [0.717, 1.165) is 47.0 Å². The third-order valence-corrected chi connectivity index (χ3v) is 3.54. The fraction of sp³-hybridized carbons (Fsp3) is 0.333. The largest absolute Gasteiger partial charge is 0.395 e. The van der Waals surface area contributed by atoms with Crippen LogP contribution >= 0.6 is 0 Å². The average Bonchev–Trinajstić information content (AvgIpc) is 2.89. The molecule has 2 aromatic rings. The Morgan fingerprint density at radius 1 is 1.32 bits per heavy atom. The molecule has 4 heteroatoms.